The predicted molar refractivity (Wildman–Crippen MR) is 82.5 cm³/mol. The van der Waals surface area contributed by atoms with Crippen molar-refractivity contribution in [1.29, 1.82) is 5.26 Å². The van der Waals surface area contributed by atoms with Crippen molar-refractivity contribution in [2.24, 2.45) is 0 Å². The number of nitriles is 1. The van der Waals surface area contributed by atoms with Crippen LogP contribution in [0.5, 0.6) is 11.5 Å². The third kappa shape index (κ3) is 4.12. The van der Waals surface area contributed by atoms with Crippen LogP contribution in [0.3, 0.4) is 0 Å². The average Bonchev–Trinajstić information content (AvgIpc) is 2.90. The smallest absolute Gasteiger partial charge is 0.123 e. The third-order valence-corrected chi connectivity index (χ3v) is 3.82. The quantitative estimate of drug-likeness (QED) is 0.836. The second-order valence-electron chi connectivity index (χ2n) is 5.51. The molecule has 0 heterocycles. The lowest BCUT2D eigenvalue weighted by Gasteiger charge is -2.22. The molecule has 1 aromatic carbocycles. The van der Waals surface area contributed by atoms with E-state index in [1.807, 2.05) is 31.2 Å². The van der Waals surface area contributed by atoms with Gasteiger partial charge in [-0.3, -0.25) is 5.32 Å². The molecule has 114 valence electrons. The molecular formula is C17H24N2O2. The fourth-order valence-corrected chi connectivity index (χ4v) is 2.76. The average molecular weight is 288 g/mol. The SMILES string of the molecule is CCCNC1(C#N)CCC(Oc2cccc(OCC)c2)C1. The van der Waals surface area contributed by atoms with Gasteiger partial charge in [0.05, 0.1) is 12.7 Å². The van der Waals surface area contributed by atoms with Crippen molar-refractivity contribution in [2.75, 3.05) is 13.2 Å². The summed E-state index contributed by atoms with van der Waals surface area (Å²) in [6, 6.07) is 10.2. The van der Waals surface area contributed by atoms with Gasteiger partial charge in [-0.25, -0.2) is 0 Å². The molecule has 1 aliphatic carbocycles. The summed E-state index contributed by atoms with van der Waals surface area (Å²) in [4.78, 5) is 0. The number of nitrogens with one attached hydrogen (secondary N) is 1. The van der Waals surface area contributed by atoms with Gasteiger partial charge in [0.25, 0.3) is 0 Å². The molecule has 0 amide bonds. The summed E-state index contributed by atoms with van der Waals surface area (Å²) in [5.41, 5.74) is -0.418. The second-order valence-corrected chi connectivity index (χ2v) is 5.51. The monoisotopic (exact) mass is 288 g/mol. The van der Waals surface area contributed by atoms with Crippen LogP contribution in [0.1, 0.15) is 39.5 Å². The first-order chi connectivity index (χ1) is 10.2. The topological polar surface area (TPSA) is 54.3 Å². The van der Waals surface area contributed by atoms with Gasteiger partial charge in [-0.2, -0.15) is 5.26 Å². The van der Waals surface area contributed by atoms with Crippen molar-refractivity contribution in [3.63, 3.8) is 0 Å². The highest BCUT2D eigenvalue weighted by Gasteiger charge is 2.40. The molecule has 21 heavy (non-hydrogen) atoms. The van der Waals surface area contributed by atoms with E-state index in [-0.39, 0.29) is 6.10 Å². The Labute approximate surface area is 127 Å². The molecule has 1 fully saturated rings. The van der Waals surface area contributed by atoms with Crippen molar-refractivity contribution < 1.29 is 9.47 Å². The molecule has 0 aliphatic heterocycles. The summed E-state index contributed by atoms with van der Waals surface area (Å²) in [5.74, 6) is 1.64. The van der Waals surface area contributed by atoms with Crippen molar-refractivity contribution >= 4 is 0 Å². The van der Waals surface area contributed by atoms with Crippen molar-refractivity contribution in [2.45, 2.75) is 51.2 Å². The zero-order chi connectivity index (χ0) is 15.1. The number of benzene rings is 1. The molecule has 4 heteroatoms. The molecule has 0 spiro atoms. The van der Waals surface area contributed by atoms with Gasteiger partial charge in [0.15, 0.2) is 0 Å². The minimum atomic E-state index is -0.418. The Bertz CT molecular complexity index is 498. The Morgan fingerprint density at radius 2 is 2.19 bits per heavy atom. The van der Waals surface area contributed by atoms with Crippen LogP contribution in [0.2, 0.25) is 0 Å². The fraction of sp³-hybridized carbons (Fsp3) is 0.588. The molecule has 0 radical (unpaired) electrons. The molecule has 0 saturated heterocycles. The minimum Gasteiger partial charge on any atom is -0.494 e. The van der Waals surface area contributed by atoms with E-state index in [1.54, 1.807) is 0 Å². The molecule has 0 bridgehead atoms. The molecule has 2 unspecified atom stereocenters. The maximum absolute atomic E-state index is 9.45. The van der Waals surface area contributed by atoms with Crippen LogP contribution >= 0.6 is 0 Å². The van der Waals surface area contributed by atoms with E-state index in [0.717, 1.165) is 43.7 Å². The predicted octanol–water partition coefficient (Wildman–Crippen LogP) is 3.28. The molecule has 1 aromatic rings. The highest BCUT2D eigenvalue weighted by Crippen LogP contribution is 2.33. The first-order valence-electron chi connectivity index (χ1n) is 7.77. The lowest BCUT2D eigenvalue weighted by atomic mass is 9.99. The Morgan fingerprint density at radius 3 is 2.90 bits per heavy atom. The first kappa shape index (κ1) is 15.7. The molecular weight excluding hydrogens is 264 g/mol. The highest BCUT2D eigenvalue weighted by atomic mass is 16.5. The number of hydrogen-bond acceptors (Lipinski definition) is 4. The summed E-state index contributed by atoms with van der Waals surface area (Å²) in [5, 5.41) is 12.8. The van der Waals surface area contributed by atoms with Gasteiger partial charge in [0, 0.05) is 12.5 Å². The van der Waals surface area contributed by atoms with E-state index in [1.165, 1.54) is 0 Å². The summed E-state index contributed by atoms with van der Waals surface area (Å²) in [6.45, 7) is 5.59. The van der Waals surface area contributed by atoms with Crippen LogP contribution in [0.25, 0.3) is 0 Å². The summed E-state index contributed by atoms with van der Waals surface area (Å²) < 4.78 is 11.5. The second kappa shape index (κ2) is 7.33. The van der Waals surface area contributed by atoms with Crippen molar-refractivity contribution in [1.82, 2.24) is 5.32 Å². The normalized spacial score (nSPS) is 24.5. The largest absolute Gasteiger partial charge is 0.494 e. The third-order valence-electron chi connectivity index (χ3n) is 3.82. The lowest BCUT2D eigenvalue weighted by molar-refractivity contribution is 0.200. The van der Waals surface area contributed by atoms with Crippen LogP contribution in [0, 0.1) is 11.3 Å². The van der Waals surface area contributed by atoms with Gasteiger partial charge in [0.2, 0.25) is 0 Å². The van der Waals surface area contributed by atoms with Crippen LogP contribution in [-0.2, 0) is 0 Å². The van der Waals surface area contributed by atoms with Crippen molar-refractivity contribution in [3.05, 3.63) is 24.3 Å². The molecule has 1 N–H and O–H groups in total. The summed E-state index contributed by atoms with van der Waals surface area (Å²) in [6.07, 6.45) is 3.61. The maximum atomic E-state index is 9.45. The zero-order valence-corrected chi connectivity index (χ0v) is 12.9. The minimum absolute atomic E-state index is 0.0888. The van der Waals surface area contributed by atoms with Crippen LogP contribution in [0.4, 0.5) is 0 Å². The van der Waals surface area contributed by atoms with Gasteiger partial charge in [-0.1, -0.05) is 13.0 Å². The fourth-order valence-electron chi connectivity index (χ4n) is 2.76. The van der Waals surface area contributed by atoms with E-state index in [2.05, 4.69) is 18.3 Å². The molecule has 2 atom stereocenters. The van der Waals surface area contributed by atoms with Crippen molar-refractivity contribution in [3.8, 4) is 17.6 Å². The van der Waals surface area contributed by atoms with Gasteiger partial charge in [-0.05, 0) is 44.9 Å². The van der Waals surface area contributed by atoms with Gasteiger partial charge >= 0.3 is 0 Å². The Hall–Kier alpha value is -1.73. The summed E-state index contributed by atoms with van der Waals surface area (Å²) >= 11 is 0. The van der Waals surface area contributed by atoms with E-state index in [0.29, 0.717) is 6.61 Å². The Balaban J connectivity index is 1.95. The molecule has 1 saturated carbocycles. The van der Waals surface area contributed by atoms with E-state index in [4.69, 9.17) is 9.47 Å². The maximum Gasteiger partial charge on any atom is 0.123 e. The highest BCUT2D eigenvalue weighted by molar-refractivity contribution is 5.33. The zero-order valence-electron chi connectivity index (χ0n) is 12.9. The van der Waals surface area contributed by atoms with Gasteiger partial charge < -0.3 is 9.47 Å². The van der Waals surface area contributed by atoms with E-state index >= 15 is 0 Å². The number of hydrogen-bond donors (Lipinski definition) is 1. The van der Waals surface area contributed by atoms with Crippen LogP contribution in [-0.4, -0.2) is 24.8 Å². The van der Waals surface area contributed by atoms with Crippen LogP contribution in [0.15, 0.2) is 24.3 Å². The number of rotatable bonds is 7. The Kier molecular flexibility index (Phi) is 5.46. The molecule has 4 nitrogen and oxygen atoms in total. The summed E-state index contributed by atoms with van der Waals surface area (Å²) in [7, 11) is 0. The molecule has 1 aliphatic rings. The van der Waals surface area contributed by atoms with E-state index < -0.39 is 5.54 Å². The molecule has 2 rings (SSSR count). The number of nitrogens with zero attached hydrogens (tertiary/aromatic N) is 1. The number of ether oxygens (including phenoxy) is 2. The lowest BCUT2D eigenvalue weighted by Crippen LogP contribution is -2.42. The van der Waals surface area contributed by atoms with Gasteiger partial charge in [0.1, 0.15) is 23.1 Å². The Morgan fingerprint density at radius 1 is 1.38 bits per heavy atom. The standard InChI is InChI=1S/C17H24N2O2/c1-3-10-19-17(13-18)9-8-16(12-17)21-15-7-5-6-14(11-15)20-4-2/h5-7,11,16,19H,3-4,8-10,12H2,1-2H3. The van der Waals surface area contributed by atoms with Crippen LogP contribution < -0.4 is 14.8 Å². The van der Waals surface area contributed by atoms with Gasteiger partial charge in [-0.15, -0.1) is 0 Å². The van der Waals surface area contributed by atoms with E-state index in [9.17, 15) is 5.26 Å². The molecule has 0 aromatic heterocycles. The first-order valence-corrected chi connectivity index (χ1v) is 7.77.